The number of alkyl halides is 3. The van der Waals surface area contributed by atoms with Crippen LogP contribution in [0.15, 0.2) is 29.4 Å². The molecule has 1 aromatic rings. The highest BCUT2D eigenvalue weighted by Crippen LogP contribution is 2.23. The van der Waals surface area contributed by atoms with Crippen LogP contribution in [0.2, 0.25) is 0 Å². The number of halogens is 3. The van der Waals surface area contributed by atoms with Crippen molar-refractivity contribution in [1.29, 1.82) is 0 Å². The van der Waals surface area contributed by atoms with Gasteiger partial charge in [0.1, 0.15) is 6.42 Å². The Kier molecular flexibility index (Phi) is 4.30. The van der Waals surface area contributed by atoms with E-state index in [9.17, 15) is 18.0 Å². The second kappa shape index (κ2) is 5.52. The monoisotopic (exact) mass is 260 g/mol. The zero-order chi connectivity index (χ0) is 13.8. The van der Waals surface area contributed by atoms with Crippen LogP contribution in [0.3, 0.4) is 0 Å². The Bertz CT molecular complexity index is 458. The van der Waals surface area contributed by atoms with Crippen LogP contribution in [-0.2, 0) is 4.79 Å². The normalized spacial score (nSPS) is 11.8. The maximum absolute atomic E-state index is 12.1. The van der Waals surface area contributed by atoms with Crippen LogP contribution in [0.5, 0.6) is 0 Å². The smallest absolute Gasteiger partial charge is 0.397 e. The van der Waals surface area contributed by atoms with E-state index in [2.05, 4.69) is 5.16 Å². The molecule has 18 heavy (non-hydrogen) atoms. The highest BCUT2D eigenvalue weighted by atomic mass is 19.4. The lowest BCUT2D eigenvalue weighted by atomic mass is 10.2. The minimum atomic E-state index is -4.53. The van der Waals surface area contributed by atoms with Crippen molar-refractivity contribution in [2.75, 3.05) is 11.9 Å². The number of rotatable bonds is 3. The first-order chi connectivity index (χ1) is 8.33. The maximum atomic E-state index is 12.1. The summed E-state index contributed by atoms with van der Waals surface area (Å²) in [7, 11) is 1.25. The summed E-state index contributed by atoms with van der Waals surface area (Å²) in [5, 5.41) is 11.2. The van der Waals surface area contributed by atoms with Gasteiger partial charge < -0.3 is 10.1 Å². The highest BCUT2D eigenvalue weighted by molar-refractivity contribution is 5.94. The topological polar surface area (TPSA) is 52.9 Å². The number of amides is 1. The van der Waals surface area contributed by atoms with Crippen LogP contribution in [0.4, 0.5) is 18.9 Å². The molecule has 0 spiro atoms. The van der Waals surface area contributed by atoms with Crippen molar-refractivity contribution >= 4 is 17.8 Å². The number of carbonyl (C=O) groups is 1. The van der Waals surface area contributed by atoms with Gasteiger partial charge in [-0.1, -0.05) is 17.3 Å². The van der Waals surface area contributed by atoms with Crippen LogP contribution in [-0.4, -0.2) is 30.6 Å². The maximum Gasteiger partial charge on any atom is 0.397 e. The number of carbonyl (C=O) groups excluding carboxylic acids is 1. The van der Waals surface area contributed by atoms with Gasteiger partial charge in [0.05, 0.1) is 6.21 Å². The van der Waals surface area contributed by atoms with Crippen molar-refractivity contribution in [3.05, 3.63) is 29.8 Å². The van der Waals surface area contributed by atoms with Crippen molar-refractivity contribution in [3.8, 4) is 0 Å². The van der Waals surface area contributed by atoms with Crippen LogP contribution >= 0.6 is 0 Å². The summed E-state index contributed by atoms with van der Waals surface area (Å²) in [5.74, 6) is -1.06. The largest absolute Gasteiger partial charge is 0.411 e. The molecule has 0 aliphatic rings. The number of hydrogen-bond donors (Lipinski definition) is 1. The van der Waals surface area contributed by atoms with E-state index in [4.69, 9.17) is 5.21 Å². The Labute approximate surface area is 101 Å². The molecule has 7 heteroatoms. The number of nitrogens with zero attached hydrogens (tertiary/aromatic N) is 2. The van der Waals surface area contributed by atoms with E-state index in [0.717, 1.165) is 11.1 Å². The average molecular weight is 260 g/mol. The molecule has 0 heterocycles. The van der Waals surface area contributed by atoms with Crippen LogP contribution in [0, 0.1) is 0 Å². The molecule has 0 bridgehead atoms. The molecule has 0 aliphatic heterocycles. The van der Waals surface area contributed by atoms with Gasteiger partial charge in [-0.25, -0.2) is 0 Å². The van der Waals surface area contributed by atoms with E-state index in [-0.39, 0.29) is 0 Å². The van der Waals surface area contributed by atoms with E-state index in [1.54, 1.807) is 12.1 Å². The van der Waals surface area contributed by atoms with Gasteiger partial charge in [-0.2, -0.15) is 13.2 Å². The molecule has 0 saturated heterocycles. The Morgan fingerprint density at radius 3 is 2.72 bits per heavy atom. The summed E-state index contributed by atoms with van der Waals surface area (Å²) in [6.07, 6.45) is -4.93. The lowest BCUT2D eigenvalue weighted by Crippen LogP contribution is -2.30. The third-order valence-electron chi connectivity index (χ3n) is 2.19. The summed E-state index contributed by atoms with van der Waals surface area (Å²) in [4.78, 5) is 12.3. The third-order valence-corrected chi connectivity index (χ3v) is 2.19. The van der Waals surface area contributed by atoms with Gasteiger partial charge in [0.25, 0.3) is 0 Å². The molecule has 0 atom stereocenters. The first-order valence-electron chi connectivity index (χ1n) is 4.94. The zero-order valence-electron chi connectivity index (χ0n) is 9.48. The first-order valence-corrected chi connectivity index (χ1v) is 4.94. The SMILES string of the molecule is CN(C(=O)CC(F)(F)F)c1cccc(C=NO)c1. The van der Waals surface area contributed by atoms with Gasteiger partial charge in [-0.15, -0.1) is 0 Å². The summed E-state index contributed by atoms with van der Waals surface area (Å²) in [5.41, 5.74) is 0.767. The molecule has 0 unspecified atom stereocenters. The molecule has 98 valence electrons. The van der Waals surface area contributed by atoms with Gasteiger partial charge in [0, 0.05) is 12.7 Å². The minimum Gasteiger partial charge on any atom is -0.411 e. The molecule has 1 amide bonds. The number of benzene rings is 1. The molecular weight excluding hydrogens is 249 g/mol. The molecule has 0 aromatic heterocycles. The molecule has 0 aliphatic carbocycles. The molecule has 0 radical (unpaired) electrons. The van der Waals surface area contributed by atoms with E-state index >= 15 is 0 Å². The Morgan fingerprint density at radius 2 is 2.17 bits per heavy atom. The Morgan fingerprint density at radius 1 is 1.50 bits per heavy atom. The Hall–Kier alpha value is -2.05. The molecule has 0 fully saturated rings. The van der Waals surface area contributed by atoms with Gasteiger partial charge >= 0.3 is 6.18 Å². The summed E-state index contributed by atoms with van der Waals surface area (Å²) >= 11 is 0. The zero-order valence-corrected chi connectivity index (χ0v) is 9.48. The van der Waals surface area contributed by atoms with Crippen LogP contribution < -0.4 is 4.90 Å². The van der Waals surface area contributed by atoms with Crippen molar-refractivity contribution in [3.63, 3.8) is 0 Å². The van der Waals surface area contributed by atoms with Crippen molar-refractivity contribution < 1.29 is 23.2 Å². The van der Waals surface area contributed by atoms with Crippen molar-refractivity contribution in [1.82, 2.24) is 0 Å². The fourth-order valence-corrected chi connectivity index (χ4v) is 1.31. The second-order valence-corrected chi connectivity index (χ2v) is 3.58. The second-order valence-electron chi connectivity index (χ2n) is 3.58. The average Bonchev–Trinajstić information content (AvgIpc) is 2.26. The lowest BCUT2D eigenvalue weighted by Gasteiger charge is -2.18. The molecule has 0 saturated carbocycles. The quantitative estimate of drug-likeness (QED) is 0.515. The van der Waals surface area contributed by atoms with E-state index < -0.39 is 18.5 Å². The standard InChI is InChI=1S/C11H11F3N2O2/c1-16(10(17)6-11(12,13)14)9-4-2-3-8(5-9)7-15-18/h2-5,7,18H,6H2,1H3. The van der Waals surface area contributed by atoms with E-state index in [1.807, 2.05) is 0 Å². The predicted molar refractivity (Wildman–Crippen MR) is 59.9 cm³/mol. The Balaban J connectivity index is 2.86. The third kappa shape index (κ3) is 4.08. The molecule has 1 N–H and O–H groups in total. The molecule has 1 rings (SSSR count). The van der Waals surface area contributed by atoms with Crippen molar-refractivity contribution in [2.24, 2.45) is 5.16 Å². The van der Waals surface area contributed by atoms with Crippen molar-refractivity contribution in [2.45, 2.75) is 12.6 Å². The predicted octanol–water partition coefficient (Wildman–Crippen LogP) is 2.41. The van der Waals surface area contributed by atoms with E-state index in [0.29, 0.717) is 11.3 Å². The van der Waals surface area contributed by atoms with E-state index in [1.165, 1.54) is 19.2 Å². The van der Waals surface area contributed by atoms with Gasteiger partial charge in [0.2, 0.25) is 5.91 Å². The van der Waals surface area contributed by atoms with Crippen LogP contribution in [0.25, 0.3) is 0 Å². The van der Waals surface area contributed by atoms with Crippen LogP contribution in [0.1, 0.15) is 12.0 Å². The first kappa shape index (κ1) is 14.0. The minimum absolute atomic E-state index is 0.293. The number of anilines is 1. The number of hydrogen-bond acceptors (Lipinski definition) is 3. The van der Waals surface area contributed by atoms with Gasteiger partial charge in [0.15, 0.2) is 0 Å². The summed E-state index contributed by atoms with van der Waals surface area (Å²) in [6, 6.07) is 6.06. The molecular formula is C11H11F3N2O2. The fourth-order valence-electron chi connectivity index (χ4n) is 1.31. The fraction of sp³-hybridized carbons (Fsp3) is 0.273. The summed E-state index contributed by atoms with van der Waals surface area (Å²) in [6.45, 7) is 0. The van der Waals surface area contributed by atoms with Gasteiger partial charge in [-0.3, -0.25) is 4.79 Å². The summed E-state index contributed by atoms with van der Waals surface area (Å²) < 4.78 is 36.2. The lowest BCUT2D eigenvalue weighted by molar-refractivity contribution is -0.151. The van der Waals surface area contributed by atoms with Gasteiger partial charge in [-0.05, 0) is 17.7 Å². The molecule has 1 aromatic carbocycles. The number of oxime groups is 1. The highest BCUT2D eigenvalue weighted by Gasteiger charge is 2.32. The molecule has 4 nitrogen and oxygen atoms in total.